The van der Waals surface area contributed by atoms with E-state index in [1.54, 1.807) is 30.1 Å². The fourth-order valence-electron chi connectivity index (χ4n) is 3.39. The summed E-state index contributed by atoms with van der Waals surface area (Å²) in [4.78, 5) is 21.6. The molecule has 1 atom stereocenters. The molecule has 1 aromatic carbocycles. The van der Waals surface area contributed by atoms with Crippen LogP contribution in [0.5, 0.6) is 11.6 Å². The van der Waals surface area contributed by atoms with Crippen LogP contribution in [0.15, 0.2) is 54.9 Å². The molecule has 3 N–H and O–H groups in total. The van der Waals surface area contributed by atoms with Crippen molar-refractivity contribution in [1.29, 1.82) is 0 Å². The van der Waals surface area contributed by atoms with Crippen LogP contribution in [0.3, 0.4) is 0 Å². The number of nitrogen functional groups attached to an aromatic ring is 1. The second-order valence-corrected chi connectivity index (χ2v) is 6.91. The van der Waals surface area contributed by atoms with Crippen LogP contribution < -0.4 is 20.5 Å². The first-order chi connectivity index (χ1) is 15.0. The molecule has 0 fully saturated rings. The monoisotopic (exact) mass is 418 g/mol. The number of anilines is 1. The van der Waals surface area contributed by atoms with E-state index in [4.69, 9.17) is 15.2 Å². The number of fused-ring (bicyclic) bond motifs is 1. The molecule has 3 aromatic heterocycles. The SMILES string of the molecule is COc1ccccc1[C@@H](C)NC(=O)c1cc(-c2ccn3nc(N)nc3c2)cnc1OC. The molecular weight excluding hydrogens is 396 g/mol. The Morgan fingerprint density at radius 3 is 2.71 bits per heavy atom. The van der Waals surface area contributed by atoms with Gasteiger partial charge in [0.15, 0.2) is 5.65 Å². The Labute approximate surface area is 178 Å². The Bertz CT molecular complexity index is 1250. The maximum atomic E-state index is 13.1. The Balaban J connectivity index is 1.65. The molecule has 4 aromatic rings. The third kappa shape index (κ3) is 3.97. The van der Waals surface area contributed by atoms with Gasteiger partial charge in [-0.3, -0.25) is 4.79 Å². The number of hydrogen-bond donors (Lipinski definition) is 2. The Kier molecular flexibility index (Phi) is 5.40. The topological polar surface area (TPSA) is 117 Å². The fraction of sp³-hybridized carbons (Fsp3) is 0.182. The normalized spacial score (nSPS) is 11.8. The van der Waals surface area contributed by atoms with Crippen molar-refractivity contribution in [3.63, 3.8) is 0 Å². The van der Waals surface area contributed by atoms with Gasteiger partial charge in [0.2, 0.25) is 11.8 Å². The predicted molar refractivity (Wildman–Crippen MR) is 116 cm³/mol. The van der Waals surface area contributed by atoms with Crippen LogP contribution in [0.25, 0.3) is 16.8 Å². The Morgan fingerprint density at radius 2 is 1.94 bits per heavy atom. The van der Waals surface area contributed by atoms with Crippen LogP contribution >= 0.6 is 0 Å². The average molecular weight is 418 g/mol. The molecule has 0 saturated heterocycles. The highest BCUT2D eigenvalue weighted by Gasteiger charge is 2.20. The highest BCUT2D eigenvalue weighted by Crippen LogP contribution is 2.28. The van der Waals surface area contributed by atoms with Crippen LogP contribution in [0.1, 0.15) is 28.9 Å². The number of para-hydroxylation sites is 1. The third-order valence-corrected chi connectivity index (χ3v) is 4.93. The number of pyridine rings is 2. The number of nitrogens with zero attached hydrogens (tertiary/aromatic N) is 4. The minimum Gasteiger partial charge on any atom is -0.496 e. The smallest absolute Gasteiger partial charge is 0.257 e. The summed E-state index contributed by atoms with van der Waals surface area (Å²) in [6.45, 7) is 1.89. The molecule has 31 heavy (non-hydrogen) atoms. The molecule has 0 aliphatic heterocycles. The summed E-state index contributed by atoms with van der Waals surface area (Å²) in [5.74, 6) is 0.823. The number of aromatic nitrogens is 4. The van der Waals surface area contributed by atoms with Crippen molar-refractivity contribution in [3.05, 3.63) is 66.0 Å². The molecule has 0 spiro atoms. The van der Waals surface area contributed by atoms with E-state index in [2.05, 4.69) is 20.4 Å². The highest BCUT2D eigenvalue weighted by molar-refractivity contribution is 5.97. The van der Waals surface area contributed by atoms with E-state index < -0.39 is 0 Å². The minimum absolute atomic E-state index is 0.190. The summed E-state index contributed by atoms with van der Waals surface area (Å²) >= 11 is 0. The molecule has 3 heterocycles. The summed E-state index contributed by atoms with van der Waals surface area (Å²) < 4.78 is 12.3. The molecule has 0 unspecified atom stereocenters. The number of amides is 1. The molecule has 0 aliphatic rings. The molecule has 0 saturated carbocycles. The molecule has 9 heteroatoms. The van der Waals surface area contributed by atoms with E-state index in [1.165, 1.54) is 7.11 Å². The van der Waals surface area contributed by atoms with E-state index >= 15 is 0 Å². The predicted octanol–water partition coefficient (Wildman–Crippen LogP) is 2.88. The van der Waals surface area contributed by atoms with E-state index in [1.807, 2.05) is 43.3 Å². The van der Waals surface area contributed by atoms with Crippen LogP contribution in [0.2, 0.25) is 0 Å². The zero-order valence-corrected chi connectivity index (χ0v) is 17.4. The van der Waals surface area contributed by atoms with Crippen molar-refractivity contribution in [2.24, 2.45) is 0 Å². The third-order valence-electron chi connectivity index (χ3n) is 4.93. The lowest BCUT2D eigenvalue weighted by Gasteiger charge is -2.18. The molecule has 9 nitrogen and oxygen atoms in total. The van der Waals surface area contributed by atoms with Crippen LogP contribution in [-0.2, 0) is 0 Å². The average Bonchev–Trinajstić information content (AvgIpc) is 3.17. The van der Waals surface area contributed by atoms with Gasteiger partial charge in [-0.2, -0.15) is 4.98 Å². The number of benzene rings is 1. The number of rotatable bonds is 6. The first-order valence-corrected chi connectivity index (χ1v) is 9.60. The zero-order valence-electron chi connectivity index (χ0n) is 17.4. The van der Waals surface area contributed by atoms with Gasteiger partial charge in [-0.25, -0.2) is 9.50 Å². The number of nitrogens with one attached hydrogen (secondary N) is 1. The number of hydrogen-bond acceptors (Lipinski definition) is 7. The lowest BCUT2D eigenvalue weighted by atomic mass is 10.0. The molecule has 1 amide bonds. The van der Waals surface area contributed by atoms with Gasteiger partial charge in [-0.1, -0.05) is 18.2 Å². The Hall–Kier alpha value is -4.14. The summed E-state index contributed by atoms with van der Waals surface area (Å²) in [5.41, 5.74) is 9.01. The second-order valence-electron chi connectivity index (χ2n) is 6.91. The maximum absolute atomic E-state index is 13.1. The summed E-state index contributed by atoms with van der Waals surface area (Å²) in [6, 6.07) is 12.7. The Morgan fingerprint density at radius 1 is 1.13 bits per heavy atom. The van der Waals surface area contributed by atoms with Gasteiger partial charge in [-0.15, -0.1) is 5.10 Å². The molecule has 0 radical (unpaired) electrons. The van der Waals surface area contributed by atoms with Crippen LogP contribution in [-0.4, -0.2) is 39.7 Å². The molecule has 0 bridgehead atoms. The molecular formula is C22H22N6O3. The van der Waals surface area contributed by atoms with E-state index in [-0.39, 0.29) is 23.8 Å². The lowest BCUT2D eigenvalue weighted by Crippen LogP contribution is -2.27. The zero-order chi connectivity index (χ0) is 22.0. The van der Waals surface area contributed by atoms with Crippen molar-refractivity contribution in [2.45, 2.75) is 13.0 Å². The number of nitrogens with two attached hydrogens (primary N) is 1. The van der Waals surface area contributed by atoms with Gasteiger partial charge in [0.25, 0.3) is 5.91 Å². The highest BCUT2D eigenvalue weighted by atomic mass is 16.5. The number of methoxy groups -OCH3 is 2. The van der Waals surface area contributed by atoms with Gasteiger partial charge in [0, 0.05) is 23.5 Å². The van der Waals surface area contributed by atoms with E-state index in [0.717, 1.165) is 16.7 Å². The standard InChI is InChI=1S/C22H22N6O3/c1-13(16-6-4-5-7-18(16)30-2)25-20(29)17-10-15(12-24-21(17)31-3)14-8-9-28-19(11-14)26-22(23)27-28/h4-13H,1-3H3,(H2,23,27)(H,25,29)/t13-/m1/s1. The van der Waals surface area contributed by atoms with E-state index in [9.17, 15) is 4.79 Å². The summed E-state index contributed by atoms with van der Waals surface area (Å²) in [6.07, 6.45) is 3.40. The van der Waals surface area contributed by atoms with Gasteiger partial charge in [0.05, 0.1) is 20.3 Å². The number of carbonyl (C=O) groups is 1. The minimum atomic E-state index is -0.308. The summed E-state index contributed by atoms with van der Waals surface area (Å²) in [7, 11) is 3.08. The second kappa shape index (κ2) is 8.31. The van der Waals surface area contributed by atoms with Crippen molar-refractivity contribution >= 4 is 17.5 Å². The van der Waals surface area contributed by atoms with Crippen molar-refractivity contribution < 1.29 is 14.3 Å². The molecule has 158 valence electrons. The number of ether oxygens (including phenoxy) is 2. The van der Waals surface area contributed by atoms with Gasteiger partial charge >= 0.3 is 0 Å². The van der Waals surface area contributed by atoms with Gasteiger partial charge in [0.1, 0.15) is 11.3 Å². The molecule has 4 rings (SSSR count). The van der Waals surface area contributed by atoms with E-state index in [0.29, 0.717) is 17.0 Å². The van der Waals surface area contributed by atoms with Crippen molar-refractivity contribution in [1.82, 2.24) is 24.9 Å². The first-order valence-electron chi connectivity index (χ1n) is 9.60. The number of carbonyl (C=O) groups excluding carboxylic acids is 1. The largest absolute Gasteiger partial charge is 0.496 e. The van der Waals surface area contributed by atoms with Crippen LogP contribution in [0.4, 0.5) is 5.95 Å². The van der Waals surface area contributed by atoms with Crippen molar-refractivity contribution in [2.75, 3.05) is 20.0 Å². The lowest BCUT2D eigenvalue weighted by molar-refractivity contribution is 0.0935. The van der Waals surface area contributed by atoms with Crippen LogP contribution in [0, 0.1) is 0 Å². The first kappa shape index (κ1) is 20.1. The van der Waals surface area contributed by atoms with Gasteiger partial charge in [-0.05, 0) is 36.8 Å². The quantitative estimate of drug-likeness (QED) is 0.494. The van der Waals surface area contributed by atoms with Gasteiger partial charge < -0.3 is 20.5 Å². The summed E-state index contributed by atoms with van der Waals surface area (Å²) in [5, 5.41) is 7.06. The fourth-order valence-corrected chi connectivity index (χ4v) is 3.39. The van der Waals surface area contributed by atoms with Crippen molar-refractivity contribution in [3.8, 4) is 22.8 Å². The maximum Gasteiger partial charge on any atom is 0.257 e. The molecule has 0 aliphatic carbocycles.